The van der Waals surface area contributed by atoms with Crippen molar-refractivity contribution in [2.24, 2.45) is 11.8 Å². The van der Waals surface area contributed by atoms with Crippen molar-refractivity contribution in [3.8, 4) is 5.75 Å². The van der Waals surface area contributed by atoms with Crippen molar-refractivity contribution < 1.29 is 9.53 Å². The molecule has 1 aromatic rings. The summed E-state index contributed by atoms with van der Waals surface area (Å²) in [5.74, 6) is 2.39. The van der Waals surface area contributed by atoms with Crippen molar-refractivity contribution in [2.75, 3.05) is 6.61 Å². The Morgan fingerprint density at radius 1 is 1.35 bits per heavy atom. The summed E-state index contributed by atoms with van der Waals surface area (Å²) in [7, 11) is 0. The normalized spacial score (nSPS) is 31.8. The lowest BCUT2D eigenvalue weighted by Crippen LogP contribution is -2.51. The molecular formula is C20H25NO2. The maximum absolute atomic E-state index is 12.8. The Bertz CT molecular complexity index is 636. The molecule has 1 N–H and O–H groups in total. The third-order valence-corrected chi connectivity index (χ3v) is 5.90. The summed E-state index contributed by atoms with van der Waals surface area (Å²) >= 11 is 0. The second-order valence-electron chi connectivity index (χ2n) is 7.18. The lowest BCUT2D eigenvalue weighted by atomic mass is 9.65. The van der Waals surface area contributed by atoms with Gasteiger partial charge < -0.3 is 10.1 Å². The third kappa shape index (κ3) is 2.66. The van der Waals surface area contributed by atoms with Crippen molar-refractivity contribution in [2.45, 2.75) is 51.0 Å². The van der Waals surface area contributed by atoms with E-state index in [4.69, 9.17) is 4.74 Å². The number of nitrogens with one attached hydrogen (secondary N) is 1. The van der Waals surface area contributed by atoms with Gasteiger partial charge in [0, 0.05) is 17.5 Å². The van der Waals surface area contributed by atoms with Crippen molar-refractivity contribution in [3.05, 3.63) is 41.5 Å². The van der Waals surface area contributed by atoms with Crippen molar-refractivity contribution in [3.63, 3.8) is 0 Å². The maximum Gasteiger partial charge on any atom is 0.228 e. The molecule has 4 atom stereocenters. The molecule has 23 heavy (non-hydrogen) atoms. The van der Waals surface area contributed by atoms with Gasteiger partial charge in [0.05, 0.1) is 12.5 Å². The van der Waals surface area contributed by atoms with E-state index < -0.39 is 0 Å². The number of para-hydroxylation sites is 1. The van der Waals surface area contributed by atoms with Crippen LogP contribution in [0.3, 0.4) is 0 Å². The second-order valence-corrected chi connectivity index (χ2v) is 7.18. The molecule has 1 heterocycles. The van der Waals surface area contributed by atoms with E-state index in [2.05, 4.69) is 18.3 Å². The summed E-state index contributed by atoms with van der Waals surface area (Å²) in [4.78, 5) is 12.8. The molecule has 0 aromatic heterocycles. The van der Waals surface area contributed by atoms with Crippen molar-refractivity contribution in [1.82, 2.24) is 5.32 Å². The number of carbonyl (C=O) groups is 1. The van der Waals surface area contributed by atoms with Crippen LogP contribution < -0.4 is 10.1 Å². The van der Waals surface area contributed by atoms with E-state index in [0.29, 0.717) is 18.6 Å². The predicted octanol–water partition coefficient (Wildman–Crippen LogP) is 3.80. The fourth-order valence-electron chi connectivity index (χ4n) is 4.35. The van der Waals surface area contributed by atoms with E-state index in [1.54, 1.807) is 5.57 Å². The van der Waals surface area contributed by atoms with Gasteiger partial charge in [-0.25, -0.2) is 0 Å². The largest absolute Gasteiger partial charge is 0.493 e. The van der Waals surface area contributed by atoms with Crippen LogP contribution in [-0.2, 0) is 4.79 Å². The predicted molar refractivity (Wildman–Crippen MR) is 90.4 cm³/mol. The monoisotopic (exact) mass is 311 g/mol. The molecule has 122 valence electrons. The smallest absolute Gasteiger partial charge is 0.228 e. The summed E-state index contributed by atoms with van der Waals surface area (Å²) in [5.41, 5.74) is 2.62. The molecule has 1 fully saturated rings. The van der Waals surface area contributed by atoms with E-state index in [1.807, 2.05) is 24.3 Å². The fraction of sp³-hybridized carbons (Fsp3) is 0.550. The molecule has 3 nitrogen and oxygen atoms in total. The number of allylic oxidation sites excluding steroid dienone is 1. The van der Waals surface area contributed by atoms with Gasteiger partial charge in [0.15, 0.2) is 0 Å². The first-order chi connectivity index (χ1) is 11.3. The quantitative estimate of drug-likeness (QED) is 0.862. The van der Waals surface area contributed by atoms with Crippen LogP contribution >= 0.6 is 0 Å². The fourth-order valence-corrected chi connectivity index (χ4v) is 4.35. The Labute approximate surface area is 138 Å². The second kappa shape index (κ2) is 6.03. The summed E-state index contributed by atoms with van der Waals surface area (Å²) in [6, 6.07) is 8.29. The van der Waals surface area contributed by atoms with Crippen molar-refractivity contribution in [1.29, 1.82) is 0 Å². The Morgan fingerprint density at radius 3 is 3.09 bits per heavy atom. The highest BCUT2D eigenvalue weighted by Crippen LogP contribution is 2.44. The van der Waals surface area contributed by atoms with Gasteiger partial charge in [-0.1, -0.05) is 43.2 Å². The van der Waals surface area contributed by atoms with Gasteiger partial charge in [0.1, 0.15) is 5.75 Å². The minimum absolute atomic E-state index is 0.0569. The number of hydrogen-bond acceptors (Lipinski definition) is 2. The van der Waals surface area contributed by atoms with Crippen LogP contribution in [0.25, 0.3) is 0 Å². The molecular weight excluding hydrogens is 286 g/mol. The van der Waals surface area contributed by atoms with Crippen LogP contribution in [-0.4, -0.2) is 18.6 Å². The molecule has 1 amide bonds. The molecule has 4 rings (SSSR count). The van der Waals surface area contributed by atoms with E-state index in [-0.39, 0.29) is 11.8 Å². The number of carbonyl (C=O) groups excluding carboxylic acids is 1. The first-order valence-corrected chi connectivity index (χ1v) is 8.97. The Hall–Kier alpha value is -1.77. The molecule has 0 bridgehead atoms. The minimum Gasteiger partial charge on any atom is -0.493 e. The highest BCUT2D eigenvalue weighted by atomic mass is 16.5. The standard InChI is InChI=1S/C20H25NO2/c1-2-13-7-8-14-12-18(17(14)11-13)21-20(22)16-9-10-23-19-6-4-3-5-15(16)19/h3-6,8,13,16-18H,2,7,9-12H2,1H3,(H,21,22). The lowest BCUT2D eigenvalue weighted by Gasteiger charge is -2.45. The molecule has 1 saturated carbocycles. The van der Waals surface area contributed by atoms with Crippen LogP contribution in [0.1, 0.15) is 50.5 Å². The lowest BCUT2D eigenvalue weighted by molar-refractivity contribution is -0.124. The average Bonchev–Trinajstić information content (AvgIpc) is 2.59. The van der Waals surface area contributed by atoms with Crippen molar-refractivity contribution >= 4 is 5.91 Å². The van der Waals surface area contributed by atoms with Crippen LogP contribution in [0.15, 0.2) is 35.9 Å². The van der Waals surface area contributed by atoms with Gasteiger partial charge in [-0.2, -0.15) is 0 Å². The van der Waals surface area contributed by atoms with Crippen LogP contribution in [0.5, 0.6) is 5.75 Å². The topological polar surface area (TPSA) is 38.3 Å². The first kappa shape index (κ1) is 14.8. The highest BCUT2D eigenvalue weighted by molar-refractivity contribution is 5.85. The Balaban J connectivity index is 1.44. The van der Waals surface area contributed by atoms with Gasteiger partial charge >= 0.3 is 0 Å². The molecule has 4 unspecified atom stereocenters. The third-order valence-electron chi connectivity index (χ3n) is 5.90. The zero-order valence-corrected chi connectivity index (χ0v) is 13.8. The number of ether oxygens (including phenoxy) is 1. The molecule has 3 aliphatic rings. The number of rotatable bonds is 3. The number of amides is 1. The molecule has 2 aliphatic carbocycles. The Kier molecular flexibility index (Phi) is 3.88. The van der Waals surface area contributed by atoms with E-state index in [1.165, 1.54) is 19.3 Å². The molecule has 3 heteroatoms. The number of benzene rings is 1. The summed E-state index contributed by atoms with van der Waals surface area (Å²) in [5, 5.41) is 3.34. The average molecular weight is 311 g/mol. The van der Waals surface area contributed by atoms with Gasteiger partial charge in [-0.3, -0.25) is 4.79 Å². The molecule has 0 spiro atoms. The van der Waals surface area contributed by atoms with Gasteiger partial charge in [-0.15, -0.1) is 0 Å². The molecule has 0 radical (unpaired) electrons. The highest BCUT2D eigenvalue weighted by Gasteiger charge is 2.41. The summed E-state index contributed by atoms with van der Waals surface area (Å²) < 4.78 is 5.67. The zero-order chi connectivity index (χ0) is 15.8. The van der Waals surface area contributed by atoms with Gasteiger partial charge in [0.25, 0.3) is 0 Å². The Morgan fingerprint density at radius 2 is 2.22 bits per heavy atom. The van der Waals surface area contributed by atoms with Gasteiger partial charge in [-0.05, 0) is 37.7 Å². The molecule has 0 saturated heterocycles. The molecule has 1 aromatic carbocycles. The minimum atomic E-state index is -0.0569. The van der Waals surface area contributed by atoms with Crippen LogP contribution in [0.2, 0.25) is 0 Å². The van der Waals surface area contributed by atoms with E-state index in [0.717, 1.165) is 30.1 Å². The zero-order valence-electron chi connectivity index (χ0n) is 13.8. The van der Waals surface area contributed by atoms with Gasteiger partial charge in [0.2, 0.25) is 5.91 Å². The molecule has 1 aliphatic heterocycles. The first-order valence-electron chi connectivity index (χ1n) is 8.97. The summed E-state index contributed by atoms with van der Waals surface area (Å²) in [6.07, 6.45) is 7.98. The number of hydrogen-bond donors (Lipinski definition) is 1. The number of fused-ring (bicyclic) bond motifs is 2. The SMILES string of the molecule is CCC1CC=C2CC(NC(=O)C3CCOc4ccccc43)C2C1. The van der Waals surface area contributed by atoms with E-state index in [9.17, 15) is 4.79 Å². The van der Waals surface area contributed by atoms with Crippen LogP contribution in [0.4, 0.5) is 0 Å². The summed E-state index contributed by atoms with van der Waals surface area (Å²) in [6.45, 7) is 2.90. The van der Waals surface area contributed by atoms with Crippen LogP contribution in [0, 0.1) is 11.8 Å². The van der Waals surface area contributed by atoms with E-state index >= 15 is 0 Å². The maximum atomic E-state index is 12.8.